The fraction of sp³-hybridized carbons (Fsp3) is 0.909. The molecule has 76 valence electrons. The van der Waals surface area contributed by atoms with E-state index >= 15 is 0 Å². The SMILES string of the molecule is CC12CC3CC(C)(CC(C1)[N+]3=[N-])C2=O. The molecule has 4 aliphatic rings. The summed E-state index contributed by atoms with van der Waals surface area (Å²) in [5.41, 5.74) is 9.59. The summed E-state index contributed by atoms with van der Waals surface area (Å²) in [6, 6.07) is 0.463. The summed E-state index contributed by atoms with van der Waals surface area (Å²) >= 11 is 0. The molecular formula is C11H16N2O. The quantitative estimate of drug-likeness (QED) is 0.541. The molecule has 2 aliphatic carbocycles. The van der Waals surface area contributed by atoms with Crippen LogP contribution in [0.4, 0.5) is 0 Å². The second-order valence-electron chi connectivity index (χ2n) is 5.95. The van der Waals surface area contributed by atoms with Gasteiger partial charge in [-0.2, -0.15) is 0 Å². The van der Waals surface area contributed by atoms with Gasteiger partial charge in [-0.3, -0.25) is 4.79 Å². The summed E-state index contributed by atoms with van der Waals surface area (Å²) in [7, 11) is 0. The maximum Gasteiger partial charge on any atom is 0.145 e. The van der Waals surface area contributed by atoms with Crippen molar-refractivity contribution in [2.45, 2.75) is 51.6 Å². The van der Waals surface area contributed by atoms with E-state index in [4.69, 9.17) is 0 Å². The van der Waals surface area contributed by atoms with Gasteiger partial charge in [-0.15, -0.1) is 0 Å². The normalized spacial score (nSPS) is 55.6. The lowest BCUT2D eigenvalue weighted by molar-refractivity contribution is -0.656. The van der Waals surface area contributed by atoms with Crippen LogP contribution in [-0.4, -0.2) is 22.6 Å². The Kier molecular flexibility index (Phi) is 1.28. The highest BCUT2D eigenvalue weighted by Crippen LogP contribution is 2.57. The number of hydrogen-bond donors (Lipinski definition) is 0. The van der Waals surface area contributed by atoms with Crippen molar-refractivity contribution in [1.29, 1.82) is 0 Å². The van der Waals surface area contributed by atoms with Crippen molar-refractivity contribution in [3.05, 3.63) is 5.53 Å². The summed E-state index contributed by atoms with van der Waals surface area (Å²) in [5.74, 6) is 0.450. The Bertz CT molecular complexity index is 305. The van der Waals surface area contributed by atoms with Crippen LogP contribution in [0.2, 0.25) is 0 Å². The first-order valence-corrected chi connectivity index (χ1v) is 5.47. The lowest BCUT2D eigenvalue weighted by Crippen LogP contribution is -2.65. The van der Waals surface area contributed by atoms with Gasteiger partial charge in [0, 0.05) is 36.5 Å². The highest BCUT2D eigenvalue weighted by Gasteiger charge is 2.64. The van der Waals surface area contributed by atoms with E-state index in [0.29, 0.717) is 5.78 Å². The second kappa shape index (κ2) is 2.10. The fourth-order valence-corrected chi connectivity index (χ4v) is 4.16. The predicted molar refractivity (Wildman–Crippen MR) is 50.9 cm³/mol. The molecule has 4 rings (SSSR count). The van der Waals surface area contributed by atoms with Crippen LogP contribution >= 0.6 is 0 Å². The van der Waals surface area contributed by atoms with E-state index in [1.165, 1.54) is 4.70 Å². The smallest absolute Gasteiger partial charge is 0.145 e. The number of ketones is 1. The van der Waals surface area contributed by atoms with E-state index in [1.807, 2.05) is 0 Å². The van der Waals surface area contributed by atoms with E-state index in [-0.39, 0.29) is 22.9 Å². The van der Waals surface area contributed by atoms with Crippen molar-refractivity contribution >= 4 is 5.78 Å². The molecular weight excluding hydrogens is 176 g/mol. The van der Waals surface area contributed by atoms with Gasteiger partial charge in [0.1, 0.15) is 17.9 Å². The summed E-state index contributed by atoms with van der Waals surface area (Å²) in [6.45, 7) is 4.16. The van der Waals surface area contributed by atoms with Gasteiger partial charge in [-0.1, -0.05) is 13.8 Å². The third-order valence-electron chi connectivity index (χ3n) is 4.59. The maximum absolute atomic E-state index is 12.2. The predicted octanol–water partition coefficient (Wildman–Crippen LogP) is 1.94. The Balaban J connectivity index is 2.11. The van der Waals surface area contributed by atoms with Gasteiger partial charge in [0.15, 0.2) is 0 Å². The van der Waals surface area contributed by atoms with Crippen molar-refractivity contribution in [3.8, 4) is 0 Å². The van der Waals surface area contributed by atoms with Crippen molar-refractivity contribution < 1.29 is 9.49 Å². The van der Waals surface area contributed by atoms with Crippen molar-refractivity contribution in [3.63, 3.8) is 0 Å². The third kappa shape index (κ3) is 0.771. The molecule has 3 heteroatoms. The van der Waals surface area contributed by atoms with E-state index in [2.05, 4.69) is 13.8 Å². The highest BCUT2D eigenvalue weighted by atomic mass is 16.1. The first-order chi connectivity index (χ1) is 6.45. The Morgan fingerprint density at radius 1 is 1.14 bits per heavy atom. The lowest BCUT2D eigenvalue weighted by atomic mass is 9.50. The molecule has 2 aliphatic heterocycles. The Morgan fingerprint density at radius 3 is 1.86 bits per heavy atom. The highest BCUT2D eigenvalue weighted by molar-refractivity contribution is 5.91. The maximum atomic E-state index is 12.2. The van der Waals surface area contributed by atoms with Gasteiger partial charge in [-0.25, -0.2) is 0 Å². The molecule has 2 saturated carbocycles. The average Bonchev–Trinajstić information content (AvgIpc) is 2.07. The Hall–Kier alpha value is -0.730. The van der Waals surface area contributed by atoms with Crippen molar-refractivity contribution in [2.24, 2.45) is 10.8 Å². The average molecular weight is 192 g/mol. The number of carbonyl (C=O) groups is 1. The van der Waals surface area contributed by atoms with Gasteiger partial charge < -0.3 is 10.2 Å². The van der Waals surface area contributed by atoms with Crippen LogP contribution < -0.4 is 0 Å². The molecule has 0 aromatic carbocycles. The minimum atomic E-state index is -0.139. The molecule has 3 nitrogen and oxygen atoms in total. The van der Waals surface area contributed by atoms with Crippen molar-refractivity contribution in [1.82, 2.24) is 0 Å². The fourth-order valence-electron chi connectivity index (χ4n) is 4.16. The van der Waals surface area contributed by atoms with Gasteiger partial charge in [-0.05, 0) is 0 Å². The Morgan fingerprint density at radius 2 is 1.50 bits per heavy atom. The monoisotopic (exact) mass is 192 g/mol. The molecule has 0 aromatic rings. The van der Waals surface area contributed by atoms with E-state index < -0.39 is 0 Å². The van der Waals surface area contributed by atoms with Crippen LogP contribution in [-0.2, 0) is 4.79 Å². The van der Waals surface area contributed by atoms with Gasteiger partial charge in [0.05, 0.1) is 0 Å². The molecule has 2 heterocycles. The molecule has 2 saturated heterocycles. The topological polar surface area (TPSA) is 42.4 Å². The summed E-state index contributed by atoms with van der Waals surface area (Å²) in [4.78, 5) is 12.2. The zero-order valence-corrected chi connectivity index (χ0v) is 8.79. The minimum Gasteiger partial charge on any atom is -0.506 e. The number of hydrogen-bond acceptors (Lipinski definition) is 1. The number of piperidine rings is 2. The molecule has 4 bridgehead atoms. The van der Waals surface area contributed by atoms with E-state index in [9.17, 15) is 10.3 Å². The second-order valence-corrected chi connectivity index (χ2v) is 5.95. The molecule has 0 unspecified atom stereocenters. The van der Waals surface area contributed by atoms with Crippen LogP contribution in [0.1, 0.15) is 39.5 Å². The summed E-state index contributed by atoms with van der Waals surface area (Å²) in [6.07, 6.45) is 3.42. The lowest BCUT2D eigenvalue weighted by Gasteiger charge is -2.57. The van der Waals surface area contributed by atoms with Gasteiger partial charge in [0.2, 0.25) is 0 Å². The summed E-state index contributed by atoms with van der Waals surface area (Å²) < 4.78 is 1.52. The number of nitrogens with zero attached hydrogens (tertiary/aromatic N) is 2. The van der Waals surface area contributed by atoms with Crippen LogP contribution in [0.3, 0.4) is 0 Å². The molecule has 0 aromatic heterocycles. The Labute approximate surface area is 84.0 Å². The molecule has 0 amide bonds. The van der Waals surface area contributed by atoms with Crippen LogP contribution in [0.25, 0.3) is 5.53 Å². The largest absolute Gasteiger partial charge is 0.506 e. The molecule has 14 heavy (non-hydrogen) atoms. The van der Waals surface area contributed by atoms with E-state index in [0.717, 1.165) is 25.7 Å². The number of carbonyl (C=O) groups excluding carboxylic acids is 1. The van der Waals surface area contributed by atoms with Gasteiger partial charge in [0.25, 0.3) is 0 Å². The zero-order valence-electron chi connectivity index (χ0n) is 8.79. The van der Waals surface area contributed by atoms with Crippen LogP contribution in [0.5, 0.6) is 0 Å². The molecule has 0 N–H and O–H groups in total. The number of Topliss-reactive ketones (excluding diaryl/α,β-unsaturated/α-hetero) is 1. The zero-order chi connectivity index (χ0) is 10.1. The van der Waals surface area contributed by atoms with E-state index in [1.54, 1.807) is 0 Å². The molecule has 0 radical (unpaired) electrons. The molecule has 0 atom stereocenters. The molecule has 0 spiro atoms. The van der Waals surface area contributed by atoms with Crippen LogP contribution in [0.15, 0.2) is 0 Å². The first kappa shape index (κ1) is 8.57. The number of rotatable bonds is 0. The summed E-state index contributed by atoms with van der Waals surface area (Å²) in [5, 5.41) is 0. The standard InChI is InChI=1S/C11H16N2O/c1-10-3-7-5-11(2,9(10)14)6-8(4-10)13(7)12/h7-8H,3-6H2,1-2H3. The van der Waals surface area contributed by atoms with Crippen molar-refractivity contribution in [2.75, 3.05) is 0 Å². The first-order valence-electron chi connectivity index (χ1n) is 5.47. The third-order valence-corrected chi connectivity index (χ3v) is 4.59. The molecule has 4 fully saturated rings. The van der Waals surface area contributed by atoms with Crippen LogP contribution in [0, 0.1) is 10.8 Å². The van der Waals surface area contributed by atoms with Gasteiger partial charge >= 0.3 is 0 Å². The minimum absolute atomic E-state index is 0.139.